The summed E-state index contributed by atoms with van der Waals surface area (Å²) < 4.78 is 24.9. The van der Waals surface area contributed by atoms with Crippen molar-refractivity contribution in [1.82, 2.24) is 0 Å². The van der Waals surface area contributed by atoms with E-state index in [0.29, 0.717) is 5.69 Å². The van der Waals surface area contributed by atoms with Gasteiger partial charge in [-0.25, -0.2) is 8.42 Å². The first-order valence-corrected chi connectivity index (χ1v) is 7.83. The Bertz CT molecular complexity index is 753. The van der Waals surface area contributed by atoms with E-state index >= 15 is 0 Å². The molecule has 2 aromatic rings. The molecule has 0 aromatic heterocycles. The van der Waals surface area contributed by atoms with Gasteiger partial charge in [-0.15, -0.1) is 0 Å². The van der Waals surface area contributed by atoms with Crippen molar-refractivity contribution in [2.24, 2.45) is 5.73 Å². The van der Waals surface area contributed by atoms with E-state index in [2.05, 4.69) is 5.32 Å². The van der Waals surface area contributed by atoms with Gasteiger partial charge in [0.1, 0.15) is 0 Å². The fourth-order valence-corrected chi connectivity index (χ4v) is 3.21. The maximum Gasteiger partial charge on any atom is 0.238 e. The summed E-state index contributed by atoms with van der Waals surface area (Å²) in [5.74, 6) is -0.329. The summed E-state index contributed by atoms with van der Waals surface area (Å²) in [4.78, 5) is 11.6. The molecule has 0 aliphatic carbocycles. The monoisotopic (exact) mass is 304 g/mol. The van der Waals surface area contributed by atoms with Crippen LogP contribution in [0.2, 0.25) is 0 Å². The van der Waals surface area contributed by atoms with Crippen molar-refractivity contribution in [2.45, 2.75) is 16.7 Å². The molecule has 21 heavy (non-hydrogen) atoms. The quantitative estimate of drug-likeness (QED) is 0.900. The molecule has 0 aliphatic rings. The topological polar surface area (TPSA) is 89.3 Å². The van der Waals surface area contributed by atoms with Crippen LogP contribution < -0.4 is 11.1 Å². The van der Waals surface area contributed by atoms with Crippen molar-refractivity contribution in [1.29, 1.82) is 0 Å². The van der Waals surface area contributed by atoms with E-state index in [-0.39, 0.29) is 22.2 Å². The highest BCUT2D eigenvalue weighted by atomic mass is 32.2. The largest absolute Gasteiger partial charge is 0.325 e. The first-order valence-electron chi connectivity index (χ1n) is 6.35. The average molecular weight is 304 g/mol. The van der Waals surface area contributed by atoms with Crippen LogP contribution in [0.4, 0.5) is 5.69 Å². The van der Waals surface area contributed by atoms with Gasteiger partial charge in [-0.05, 0) is 48.9 Å². The van der Waals surface area contributed by atoms with E-state index in [0.717, 1.165) is 5.56 Å². The first-order chi connectivity index (χ1) is 9.93. The summed E-state index contributed by atoms with van der Waals surface area (Å²) in [6, 6.07) is 12.7. The highest BCUT2D eigenvalue weighted by Gasteiger charge is 2.17. The SMILES string of the molecule is Cc1cccc(S(=O)(=O)c2ccc(NC(=O)CN)cc2)c1. The Morgan fingerprint density at radius 3 is 2.33 bits per heavy atom. The number of aryl methyl sites for hydroxylation is 1. The van der Waals surface area contributed by atoms with Gasteiger partial charge in [0.15, 0.2) is 0 Å². The molecule has 110 valence electrons. The third-order valence-electron chi connectivity index (χ3n) is 2.93. The summed E-state index contributed by atoms with van der Waals surface area (Å²) in [5.41, 5.74) is 6.59. The molecule has 5 nitrogen and oxygen atoms in total. The predicted octanol–water partition coefficient (Wildman–Crippen LogP) is 1.73. The maximum atomic E-state index is 12.5. The fourth-order valence-electron chi connectivity index (χ4n) is 1.85. The van der Waals surface area contributed by atoms with E-state index in [1.165, 1.54) is 24.3 Å². The zero-order chi connectivity index (χ0) is 15.5. The van der Waals surface area contributed by atoms with E-state index < -0.39 is 9.84 Å². The third kappa shape index (κ3) is 3.48. The molecule has 6 heteroatoms. The number of rotatable bonds is 4. The van der Waals surface area contributed by atoms with Crippen molar-refractivity contribution in [3.8, 4) is 0 Å². The van der Waals surface area contributed by atoms with Crippen molar-refractivity contribution in [3.05, 3.63) is 54.1 Å². The number of sulfone groups is 1. The van der Waals surface area contributed by atoms with Gasteiger partial charge in [0.05, 0.1) is 16.3 Å². The zero-order valence-corrected chi connectivity index (χ0v) is 12.4. The van der Waals surface area contributed by atoms with Crippen LogP contribution >= 0.6 is 0 Å². The lowest BCUT2D eigenvalue weighted by Gasteiger charge is -2.07. The van der Waals surface area contributed by atoms with Crippen LogP contribution in [0, 0.1) is 6.92 Å². The number of hydrogen-bond acceptors (Lipinski definition) is 4. The molecular weight excluding hydrogens is 288 g/mol. The van der Waals surface area contributed by atoms with Gasteiger partial charge < -0.3 is 11.1 Å². The fraction of sp³-hybridized carbons (Fsp3) is 0.133. The van der Waals surface area contributed by atoms with E-state index in [4.69, 9.17) is 5.73 Å². The van der Waals surface area contributed by atoms with Crippen LogP contribution in [0.25, 0.3) is 0 Å². The van der Waals surface area contributed by atoms with E-state index in [9.17, 15) is 13.2 Å². The Balaban J connectivity index is 2.31. The van der Waals surface area contributed by atoms with Gasteiger partial charge in [0.25, 0.3) is 0 Å². The molecule has 0 unspecified atom stereocenters. The summed E-state index contributed by atoms with van der Waals surface area (Å²) >= 11 is 0. The molecule has 0 radical (unpaired) electrons. The Labute approximate surface area is 123 Å². The highest BCUT2D eigenvalue weighted by Crippen LogP contribution is 2.22. The molecule has 2 rings (SSSR count). The minimum atomic E-state index is -3.55. The molecule has 0 saturated carbocycles. The van der Waals surface area contributed by atoms with Crippen LogP contribution in [0.5, 0.6) is 0 Å². The van der Waals surface area contributed by atoms with Crippen LogP contribution in [0.15, 0.2) is 58.3 Å². The number of anilines is 1. The third-order valence-corrected chi connectivity index (χ3v) is 4.70. The molecule has 2 aromatic carbocycles. The van der Waals surface area contributed by atoms with Crippen molar-refractivity contribution in [3.63, 3.8) is 0 Å². The Morgan fingerprint density at radius 1 is 1.10 bits per heavy atom. The number of hydrogen-bond donors (Lipinski definition) is 2. The van der Waals surface area contributed by atoms with Gasteiger partial charge in [-0.3, -0.25) is 4.79 Å². The van der Waals surface area contributed by atoms with Gasteiger partial charge in [-0.2, -0.15) is 0 Å². The summed E-state index contributed by atoms with van der Waals surface area (Å²) in [6.07, 6.45) is 0. The van der Waals surface area contributed by atoms with Gasteiger partial charge in [0, 0.05) is 5.69 Å². The van der Waals surface area contributed by atoms with E-state index in [1.54, 1.807) is 18.2 Å². The minimum Gasteiger partial charge on any atom is -0.325 e. The average Bonchev–Trinajstić information content (AvgIpc) is 2.47. The number of amides is 1. The molecular formula is C15H16N2O3S. The number of nitrogens with two attached hydrogens (primary N) is 1. The lowest BCUT2D eigenvalue weighted by atomic mass is 10.2. The maximum absolute atomic E-state index is 12.5. The number of nitrogens with one attached hydrogen (secondary N) is 1. The second kappa shape index (κ2) is 6.07. The molecule has 0 heterocycles. The highest BCUT2D eigenvalue weighted by molar-refractivity contribution is 7.91. The van der Waals surface area contributed by atoms with Crippen molar-refractivity contribution in [2.75, 3.05) is 11.9 Å². The molecule has 0 fully saturated rings. The Kier molecular flexibility index (Phi) is 4.40. The number of benzene rings is 2. The molecule has 0 spiro atoms. The van der Waals surface area contributed by atoms with Crippen LogP contribution in [0.3, 0.4) is 0 Å². The molecule has 1 amide bonds. The van der Waals surface area contributed by atoms with Crippen LogP contribution in [0.1, 0.15) is 5.56 Å². The van der Waals surface area contributed by atoms with Crippen molar-refractivity contribution < 1.29 is 13.2 Å². The molecule has 0 aliphatic heterocycles. The Hall–Kier alpha value is -2.18. The smallest absolute Gasteiger partial charge is 0.238 e. The molecule has 0 bridgehead atoms. The van der Waals surface area contributed by atoms with Gasteiger partial charge >= 0.3 is 0 Å². The summed E-state index contributed by atoms with van der Waals surface area (Å²) in [6.45, 7) is 1.72. The van der Waals surface area contributed by atoms with Crippen LogP contribution in [-0.4, -0.2) is 20.9 Å². The second-order valence-corrected chi connectivity index (χ2v) is 6.55. The van der Waals surface area contributed by atoms with Gasteiger partial charge in [-0.1, -0.05) is 12.1 Å². The number of carbonyl (C=O) groups excluding carboxylic acids is 1. The molecule has 0 saturated heterocycles. The first kappa shape index (κ1) is 15.2. The standard InChI is InChI=1S/C15H16N2O3S/c1-11-3-2-4-14(9-11)21(19,20)13-7-5-12(6-8-13)17-15(18)10-16/h2-9H,10,16H2,1H3,(H,17,18). The van der Waals surface area contributed by atoms with Crippen molar-refractivity contribution >= 4 is 21.4 Å². The normalized spacial score (nSPS) is 11.1. The van der Waals surface area contributed by atoms with Crippen LogP contribution in [-0.2, 0) is 14.6 Å². The summed E-state index contributed by atoms with van der Waals surface area (Å²) in [5, 5.41) is 2.56. The molecule has 0 atom stereocenters. The Morgan fingerprint density at radius 2 is 1.76 bits per heavy atom. The predicted molar refractivity (Wildman–Crippen MR) is 80.8 cm³/mol. The number of carbonyl (C=O) groups is 1. The lowest BCUT2D eigenvalue weighted by molar-refractivity contribution is -0.114. The minimum absolute atomic E-state index is 0.122. The van der Waals surface area contributed by atoms with Gasteiger partial charge in [0.2, 0.25) is 15.7 Å². The van der Waals surface area contributed by atoms with E-state index in [1.807, 2.05) is 13.0 Å². The summed E-state index contributed by atoms with van der Waals surface area (Å²) in [7, 11) is -3.55. The second-order valence-electron chi connectivity index (χ2n) is 4.60. The zero-order valence-electron chi connectivity index (χ0n) is 11.5. The molecule has 3 N–H and O–H groups in total. The lowest BCUT2D eigenvalue weighted by Crippen LogP contribution is -2.21.